The summed E-state index contributed by atoms with van der Waals surface area (Å²) in [5, 5.41) is 4.68. The molecule has 1 saturated heterocycles. The number of likely N-dealkylation sites (tertiary alicyclic amines) is 1. The molecule has 4 aromatic heterocycles. The van der Waals surface area contributed by atoms with Crippen LogP contribution in [0.4, 0.5) is 17.6 Å². The van der Waals surface area contributed by atoms with Crippen molar-refractivity contribution in [3.05, 3.63) is 41.9 Å². The summed E-state index contributed by atoms with van der Waals surface area (Å²) in [4.78, 5) is 13.3. The van der Waals surface area contributed by atoms with Gasteiger partial charge in [0.05, 0.1) is 36.8 Å². The summed E-state index contributed by atoms with van der Waals surface area (Å²) in [6.07, 6.45) is 1.49. The summed E-state index contributed by atoms with van der Waals surface area (Å²) in [6.45, 7) is 3.57. The van der Waals surface area contributed by atoms with Crippen LogP contribution in [0.2, 0.25) is 0 Å². The number of piperidine rings is 1. The van der Waals surface area contributed by atoms with Crippen LogP contribution in [0.3, 0.4) is 0 Å². The Balaban J connectivity index is 1.55. The number of rotatable bonds is 5. The van der Waals surface area contributed by atoms with Gasteiger partial charge in [-0.2, -0.15) is 18.3 Å². The van der Waals surface area contributed by atoms with Gasteiger partial charge in [-0.3, -0.25) is 9.88 Å². The summed E-state index contributed by atoms with van der Waals surface area (Å²) in [7, 11) is 1.55. The number of pyridine rings is 2. The Bertz CT molecular complexity index is 1370. The lowest BCUT2D eigenvalue weighted by Crippen LogP contribution is -2.39. The third-order valence-corrected chi connectivity index (χ3v) is 6.65. The first-order valence-electron chi connectivity index (χ1n) is 11.5. The predicted octanol–water partition coefficient (Wildman–Crippen LogP) is 5.29. The number of H-pyrrole nitrogens is 1. The first kappa shape index (κ1) is 23.5. The highest BCUT2D eigenvalue weighted by Crippen LogP contribution is 2.40. The van der Waals surface area contributed by atoms with Crippen LogP contribution in [0, 0.1) is 5.82 Å². The number of nitrogens with one attached hydrogen (secondary N) is 1. The van der Waals surface area contributed by atoms with Crippen molar-refractivity contribution in [2.75, 3.05) is 26.7 Å². The summed E-state index contributed by atoms with van der Waals surface area (Å²) in [6, 6.07) is 1.84. The summed E-state index contributed by atoms with van der Waals surface area (Å²) >= 11 is 0. The lowest BCUT2D eigenvalue weighted by Gasteiger charge is -2.32. The Morgan fingerprint density at radius 1 is 1.20 bits per heavy atom. The van der Waals surface area contributed by atoms with Gasteiger partial charge in [-0.15, -0.1) is 0 Å². The van der Waals surface area contributed by atoms with Gasteiger partial charge >= 0.3 is 6.18 Å². The molecule has 1 aliphatic rings. The van der Waals surface area contributed by atoms with Gasteiger partial charge in [0.25, 0.3) is 0 Å². The molecule has 5 heterocycles. The number of aromatic amines is 1. The SMILES string of the molecule is COc1cc(-c2[nH]c3cnc(C4CCN(CC(F)(F)F)CC4)c(F)c3c2C(C)C)cn2ncnc12. The average Bonchev–Trinajstić information content (AvgIpc) is 3.43. The number of alkyl halides is 3. The molecule has 0 amide bonds. The van der Waals surface area contributed by atoms with Gasteiger partial charge in [0.1, 0.15) is 6.33 Å². The van der Waals surface area contributed by atoms with Crippen LogP contribution in [0.5, 0.6) is 5.75 Å². The molecule has 0 unspecified atom stereocenters. The highest BCUT2D eigenvalue weighted by Gasteiger charge is 2.34. The van der Waals surface area contributed by atoms with E-state index in [0.717, 1.165) is 16.8 Å². The third kappa shape index (κ3) is 4.33. The van der Waals surface area contributed by atoms with E-state index in [2.05, 4.69) is 20.1 Å². The normalized spacial score (nSPS) is 16.1. The van der Waals surface area contributed by atoms with Crippen LogP contribution in [-0.2, 0) is 0 Å². The molecular formula is C24H26F4N6O. The second-order valence-corrected chi connectivity index (χ2v) is 9.31. The number of hydrogen-bond acceptors (Lipinski definition) is 5. The number of methoxy groups -OCH3 is 1. The fraction of sp³-hybridized carbons (Fsp3) is 0.458. The molecule has 0 saturated carbocycles. The molecule has 11 heteroatoms. The minimum Gasteiger partial charge on any atom is -0.493 e. The number of nitrogens with zero attached hydrogens (tertiary/aromatic N) is 5. The van der Waals surface area contributed by atoms with Gasteiger partial charge in [0.2, 0.25) is 0 Å². The maximum absolute atomic E-state index is 16.0. The van der Waals surface area contributed by atoms with E-state index >= 15 is 4.39 Å². The van der Waals surface area contributed by atoms with Gasteiger partial charge in [-0.05, 0) is 43.5 Å². The first-order valence-corrected chi connectivity index (χ1v) is 11.5. The maximum atomic E-state index is 16.0. The molecule has 0 atom stereocenters. The minimum atomic E-state index is -4.24. The van der Waals surface area contributed by atoms with Crippen molar-refractivity contribution >= 4 is 16.6 Å². The molecule has 4 aromatic rings. The van der Waals surface area contributed by atoms with E-state index in [9.17, 15) is 13.2 Å². The van der Waals surface area contributed by atoms with E-state index in [-0.39, 0.29) is 24.9 Å². The highest BCUT2D eigenvalue weighted by atomic mass is 19.4. The van der Waals surface area contributed by atoms with Crippen LogP contribution in [-0.4, -0.2) is 62.4 Å². The predicted molar refractivity (Wildman–Crippen MR) is 123 cm³/mol. The molecule has 0 bridgehead atoms. The number of hydrogen-bond donors (Lipinski definition) is 1. The number of halogens is 4. The summed E-state index contributed by atoms with van der Waals surface area (Å²) in [5.74, 6) is -0.113. The Hall–Kier alpha value is -3.21. The maximum Gasteiger partial charge on any atom is 0.401 e. The zero-order valence-corrected chi connectivity index (χ0v) is 19.7. The highest BCUT2D eigenvalue weighted by molar-refractivity contribution is 5.92. The van der Waals surface area contributed by atoms with E-state index in [4.69, 9.17) is 4.74 Å². The Kier molecular flexibility index (Phi) is 5.90. The summed E-state index contributed by atoms with van der Waals surface area (Å²) in [5.41, 5.74) is 3.77. The monoisotopic (exact) mass is 490 g/mol. The fourth-order valence-electron chi connectivity index (χ4n) is 5.08. The van der Waals surface area contributed by atoms with Crippen molar-refractivity contribution in [1.29, 1.82) is 0 Å². The quantitative estimate of drug-likeness (QED) is 0.385. The van der Waals surface area contributed by atoms with Crippen molar-refractivity contribution in [1.82, 2.24) is 29.5 Å². The molecule has 0 aromatic carbocycles. The number of ether oxygens (including phenoxy) is 1. The van der Waals surface area contributed by atoms with E-state index in [1.54, 1.807) is 17.8 Å². The van der Waals surface area contributed by atoms with Crippen LogP contribution >= 0.6 is 0 Å². The average molecular weight is 491 g/mol. The number of aromatic nitrogens is 5. The van der Waals surface area contributed by atoms with E-state index in [1.165, 1.54) is 11.2 Å². The molecule has 1 N–H and O–H groups in total. The summed E-state index contributed by atoms with van der Waals surface area (Å²) < 4.78 is 61.3. The molecule has 0 aliphatic carbocycles. The van der Waals surface area contributed by atoms with E-state index in [1.807, 2.05) is 26.1 Å². The standard InChI is InChI=1S/C24H26F4N6O/c1-13(2)18-19-16(32-21(18)15-8-17(35-3)23-30-12-31-34(23)10-15)9-29-22(20(19)25)14-4-6-33(7-5-14)11-24(26,27)28/h8-10,12-14,32H,4-7,11H2,1-3H3. The van der Waals surface area contributed by atoms with Crippen LogP contribution < -0.4 is 4.74 Å². The first-order chi connectivity index (χ1) is 16.7. The van der Waals surface area contributed by atoms with Gasteiger partial charge in [0.15, 0.2) is 17.2 Å². The number of fused-ring (bicyclic) bond motifs is 2. The lowest BCUT2D eigenvalue weighted by molar-refractivity contribution is -0.148. The van der Waals surface area contributed by atoms with Gasteiger partial charge in [-0.1, -0.05) is 13.8 Å². The molecule has 35 heavy (non-hydrogen) atoms. The molecule has 7 nitrogen and oxygen atoms in total. The van der Waals surface area contributed by atoms with Gasteiger partial charge in [0, 0.05) is 23.1 Å². The lowest BCUT2D eigenvalue weighted by atomic mass is 9.90. The van der Waals surface area contributed by atoms with Crippen molar-refractivity contribution in [2.24, 2.45) is 0 Å². The van der Waals surface area contributed by atoms with Crippen molar-refractivity contribution in [3.63, 3.8) is 0 Å². The third-order valence-electron chi connectivity index (χ3n) is 6.65. The largest absolute Gasteiger partial charge is 0.493 e. The molecule has 5 rings (SSSR count). The van der Waals surface area contributed by atoms with Crippen molar-refractivity contribution < 1.29 is 22.3 Å². The zero-order valence-electron chi connectivity index (χ0n) is 19.7. The van der Waals surface area contributed by atoms with E-state index < -0.39 is 18.5 Å². The Morgan fingerprint density at radius 2 is 1.94 bits per heavy atom. The minimum absolute atomic E-state index is 0.0189. The Labute approximate surface area is 199 Å². The molecule has 186 valence electrons. The van der Waals surface area contributed by atoms with E-state index in [0.29, 0.717) is 40.8 Å². The Morgan fingerprint density at radius 3 is 2.60 bits per heavy atom. The van der Waals surface area contributed by atoms with Crippen LogP contribution in [0.25, 0.3) is 27.8 Å². The fourth-order valence-corrected chi connectivity index (χ4v) is 5.08. The zero-order chi connectivity index (χ0) is 24.9. The van der Waals surface area contributed by atoms with Crippen LogP contribution in [0.1, 0.15) is 49.8 Å². The van der Waals surface area contributed by atoms with Gasteiger partial charge in [-0.25, -0.2) is 13.9 Å². The van der Waals surface area contributed by atoms with Gasteiger partial charge < -0.3 is 9.72 Å². The smallest absolute Gasteiger partial charge is 0.401 e. The molecule has 0 radical (unpaired) electrons. The molecular weight excluding hydrogens is 464 g/mol. The molecule has 0 spiro atoms. The second-order valence-electron chi connectivity index (χ2n) is 9.31. The topological polar surface area (TPSA) is 71.3 Å². The molecule has 1 fully saturated rings. The van der Waals surface area contributed by atoms with Crippen LogP contribution in [0.15, 0.2) is 24.8 Å². The van der Waals surface area contributed by atoms with Crippen molar-refractivity contribution in [2.45, 2.75) is 44.7 Å². The van der Waals surface area contributed by atoms with Crippen molar-refractivity contribution in [3.8, 4) is 17.0 Å². The molecule has 1 aliphatic heterocycles. The second kappa shape index (κ2) is 8.78.